The minimum atomic E-state index is -0.226. The molecule has 0 bridgehead atoms. The molecule has 1 heterocycles. The van der Waals surface area contributed by atoms with Gasteiger partial charge in [-0.05, 0) is 42.0 Å². The van der Waals surface area contributed by atoms with E-state index in [9.17, 15) is 9.59 Å². The molecule has 20 heavy (non-hydrogen) atoms. The molecule has 0 atom stereocenters. The molecule has 2 amide bonds. The van der Waals surface area contributed by atoms with E-state index in [1.54, 1.807) is 42.5 Å². The van der Waals surface area contributed by atoms with Crippen molar-refractivity contribution in [3.05, 3.63) is 58.6 Å². The molecule has 3 rings (SSSR count). The zero-order valence-corrected chi connectivity index (χ0v) is 11.2. The number of carbonyl (C=O) groups excluding carboxylic acids is 2. The van der Waals surface area contributed by atoms with E-state index in [4.69, 9.17) is 11.6 Å². The topological polar surface area (TPSA) is 58.2 Å². The van der Waals surface area contributed by atoms with Crippen LogP contribution in [0.15, 0.2) is 42.5 Å². The van der Waals surface area contributed by atoms with Crippen LogP contribution in [0.2, 0.25) is 5.02 Å². The van der Waals surface area contributed by atoms with Crippen molar-refractivity contribution in [3.8, 4) is 0 Å². The van der Waals surface area contributed by atoms with E-state index in [2.05, 4.69) is 10.6 Å². The Balaban J connectivity index is 1.79. The van der Waals surface area contributed by atoms with E-state index >= 15 is 0 Å². The number of amides is 2. The molecule has 2 N–H and O–H groups in total. The van der Waals surface area contributed by atoms with Gasteiger partial charge in [-0.2, -0.15) is 0 Å². The second-order valence-electron chi connectivity index (χ2n) is 4.56. The first-order valence-electron chi connectivity index (χ1n) is 6.11. The third kappa shape index (κ3) is 2.51. The summed E-state index contributed by atoms with van der Waals surface area (Å²) >= 11 is 5.79. The minimum Gasteiger partial charge on any atom is -0.326 e. The van der Waals surface area contributed by atoms with Crippen LogP contribution in [-0.2, 0) is 11.2 Å². The lowest BCUT2D eigenvalue weighted by Crippen LogP contribution is -2.12. The molecular formula is C15H11ClN2O2. The Labute approximate surface area is 120 Å². The maximum Gasteiger partial charge on any atom is 0.255 e. The fraction of sp³-hybridized carbons (Fsp3) is 0.0667. The predicted octanol–water partition coefficient (Wildman–Crippen LogP) is 3.09. The average molecular weight is 287 g/mol. The van der Waals surface area contributed by atoms with E-state index < -0.39 is 0 Å². The molecule has 0 saturated carbocycles. The second-order valence-corrected chi connectivity index (χ2v) is 4.99. The van der Waals surface area contributed by atoms with E-state index in [-0.39, 0.29) is 11.8 Å². The summed E-state index contributed by atoms with van der Waals surface area (Å²) in [5.74, 6) is -0.272. The molecule has 0 aromatic heterocycles. The molecule has 5 heteroatoms. The summed E-state index contributed by atoms with van der Waals surface area (Å²) in [5.41, 5.74) is 2.79. The third-order valence-electron chi connectivity index (χ3n) is 3.10. The molecule has 0 spiro atoms. The van der Waals surface area contributed by atoms with Crippen molar-refractivity contribution >= 4 is 34.8 Å². The maximum absolute atomic E-state index is 12.1. The zero-order chi connectivity index (χ0) is 14.1. The van der Waals surface area contributed by atoms with Gasteiger partial charge in [-0.25, -0.2) is 0 Å². The van der Waals surface area contributed by atoms with E-state index in [1.165, 1.54) is 0 Å². The van der Waals surface area contributed by atoms with Crippen LogP contribution in [0.4, 0.5) is 11.4 Å². The lowest BCUT2D eigenvalue weighted by Gasteiger charge is -2.07. The number of hydrogen-bond acceptors (Lipinski definition) is 2. The van der Waals surface area contributed by atoms with Crippen molar-refractivity contribution in [3.63, 3.8) is 0 Å². The second kappa shape index (κ2) is 4.98. The number of carbonyl (C=O) groups is 2. The summed E-state index contributed by atoms with van der Waals surface area (Å²) in [6.45, 7) is 0. The van der Waals surface area contributed by atoms with Crippen molar-refractivity contribution in [1.82, 2.24) is 0 Å². The van der Waals surface area contributed by atoms with Gasteiger partial charge >= 0.3 is 0 Å². The molecule has 1 aliphatic heterocycles. The molecule has 0 aliphatic carbocycles. The first kappa shape index (κ1) is 12.7. The van der Waals surface area contributed by atoms with Crippen LogP contribution in [0.3, 0.4) is 0 Å². The fourth-order valence-corrected chi connectivity index (χ4v) is 2.22. The van der Waals surface area contributed by atoms with Crippen LogP contribution in [-0.4, -0.2) is 11.8 Å². The number of nitrogens with one attached hydrogen (secondary N) is 2. The number of fused-ring (bicyclic) bond motifs is 1. The van der Waals surface area contributed by atoms with E-state index in [1.807, 2.05) is 0 Å². The summed E-state index contributed by atoms with van der Waals surface area (Å²) < 4.78 is 0. The molecular weight excluding hydrogens is 276 g/mol. The smallest absolute Gasteiger partial charge is 0.255 e. The Kier molecular flexibility index (Phi) is 3.16. The number of hydrogen-bond donors (Lipinski definition) is 2. The number of benzene rings is 2. The molecule has 1 aliphatic rings. The van der Waals surface area contributed by atoms with Gasteiger partial charge in [-0.1, -0.05) is 17.7 Å². The molecule has 0 radical (unpaired) electrons. The largest absolute Gasteiger partial charge is 0.326 e. The molecule has 0 unspecified atom stereocenters. The van der Waals surface area contributed by atoms with Gasteiger partial charge in [0.1, 0.15) is 0 Å². The van der Waals surface area contributed by atoms with Gasteiger partial charge in [0.2, 0.25) is 5.91 Å². The molecule has 4 nitrogen and oxygen atoms in total. The number of rotatable bonds is 2. The van der Waals surface area contributed by atoms with Gasteiger partial charge in [0.05, 0.1) is 6.42 Å². The van der Waals surface area contributed by atoms with E-state index in [0.29, 0.717) is 28.4 Å². The Morgan fingerprint density at radius 3 is 2.65 bits per heavy atom. The average Bonchev–Trinajstić information content (AvgIpc) is 2.80. The predicted molar refractivity (Wildman–Crippen MR) is 78.2 cm³/mol. The van der Waals surface area contributed by atoms with E-state index in [0.717, 1.165) is 5.56 Å². The molecule has 0 fully saturated rings. The van der Waals surface area contributed by atoms with Crippen LogP contribution in [0.5, 0.6) is 0 Å². The normalized spacial score (nSPS) is 12.8. The van der Waals surface area contributed by atoms with Crippen LogP contribution in [0, 0.1) is 0 Å². The van der Waals surface area contributed by atoms with Crippen molar-refractivity contribution in [2.24, 2.45) is 0 Å². The van der Waals surface area contributed by atoms with Gasteiger partial charge in [0.25, 0.3) is 5.91 Å². The van der Waals surface area contributed by atoms with Crippen LogP contribution in [0.25, 0.3) is 0 Å². The maximum atomic E-state index is 12.1. The van der Waals surface area contributed by atoms with Gasteiger partial charge in [-0.3, -0.25) is 9.59 Å². The first-order valence-corrected chi connectivity index (χ1v) is 6.49. The van der Waals surface area contributed by atoms with Gasteiger partial charge in [0, 0.05) is 22.0 Å². The summed E-state index contributed by atoms with van der Waals surface area (Å²) in [6.07, 6.45) is 0.369. The highest BCUT2D eigenvalue weighted by Crippen LogP contribution is 2.24. The highest BCUT2D eigenvalue weighted by Gasteiger charge is 2.19. The molecule has 0 saturated heterocycles. The Morgan fingerprint density at radius 2 is 1.90 bits per heavy atom. The molecule has 2 aromatic carbocycles. The van der Waals surface area contributed by atoms with Gasteiger partial charge in [0.15, 0.2) is 0 Å². The highest BCUT2D eigenvalue weighted by atomic mass is 35.5. The summed E-state index contributed by atoms with van der Waals surface area (Å²) in [5, 5.41) is 6.12. The summed E-state index contributed by atoms with van der Waals surface area (Å²) in [6, 6.07) is 12.1. The SMILES string of the molecule is O=C1Cc2ccc(C(=O)Nc3ccc(Cl)cc3)cc2N1. The first-order chi connectivity index (χ1) is 9.61. The van der Waals surface area contributed by atoms with Crippen LogP contribution >= 0.6 is 11.6 Å². The van der Waals surface area contributed by atoms with Crippen LogP contribution < -0.4 is 10.6 Å². The van der Waals surface area contributed by atoms with Crippen molar-refractivity contribution < 1.29 is 9.59 Å². The molecule has 2 aromatic rings. The van der Waals surface area contributed by atoms with Crippen molar-refractivity contribution in [2.75, 3.05) is 10.6 Å². The fourth-order valence-electron chi connectivity index (χ4n) is 2.09. The Morgan fingerprint density at radius 1 is 1.15 bits per heavy atom. The highest BCUT2D eigenvalue weighted by molar-refractivity contribution is 6.30. The molecule has 100 valence electrons. The van der Waals surface area contributed by atoms with Gasteiger partial charge < -0.3 is 10.6 Å². The Bertz CT molecular complexity index is 696. The monoisotopic (exact) mass is 286 g/mol. The van der Waals surface area contributed by atoms with Crippen molar-refractivity contribution in [1.29, 1.82) is 0 Å². The third-order valence-corrected chi connectivity index (χ3v) is 3.35. The Hall–Kier alpha value is -2.33. The zero-order valence-electron chi connectivity index (χ0n) is 10.4. The quantitative estimate of drug-likeness (QED) is 0.891. The minimum absolute atomic E-state index is 0.0461. The number of halogens is 1. The summed E-state index contributed by atoms with van der Waals surface area (Å²) in [7, 11) is 0. The standard InChI is InChI=1S/C15H11ClN2O2/c16-11-3-5-12(6-4-11)17-15(20)10-2-1-9-8-14(19)18-13(9)7-10/h1-7H,8H2,(H,17,20)(H,18,19). The lowest BCUT2D eigenvalue weighted by molar-refractivity contribution is -0.115. The van der Waals surface area contributed by atoms with Crippen LogP contribution in [0.1, 0.15) is 15.9 Å². The van der Waals surface area contributed by atoms with Crippen molar-refractivity contribution in [2.45, 2.75) is 6.42 Å². The lowest BCUT2D eigenvalue weighted by atomic mass is 10.1. The summed E-state index contributed by atoms with van der Waals surface area (Å²) in [4.78, 5) is 23.4. The van der Waals surface area contributed by atoms with Gasteiger partial charge in [-0.15, -0.1) is 0 Å². The number of anilines is 2.